The minimum Gasteiger partial charge on any atom is -0.497 e. The number of ether oxygens (including phenoxy) is 3. The third-order valence-corrected chi connectivity index (χ3v) is 5.49. The molecule has 0 aliphatic carbocycles. The molecule has 1 fully saturated rings. The van der Waals surface area contributed by atoms with E-state index in [0.29, 0.717) is 43.2 Å². The summed E-state index contributed by atoms with van der Waals surface area (Å²) in [5.74, 6) is 2.84. The number of hydrogen-bond donors (Lipinski definition) is 1. The van der Waals surface area contributed by atoms with Gasteiger partial charge >= 0.3 is 0 Å². The van der Waals surface area contributed by atoms with Crippen molar-refractivity contribution in [3.8, 4) is 28.5 Å². The number of carbonyl (C=O) groups excluding carboxylic acids is 1. The molecule has 162 valence electrons. The number of piperazine rings is 1. The molecule has 0 bridgehead atoms. The van der Waals surface area contributed by atoms with Gasteiger partial charge in [0.1, 0.15) is 5.75 Å². The van der Waals surface area contributed by atoms with Crippen LogP contribution in [-0.4, -0.2) is 68.5 Å². The van der Waals surface area contributed by atoms with E-state index in [1.807, 2.05) is 35.2 Å². The Bertz CT molecular complexity index is 1040. The van der Waals surface area contributed by atoms with Gasteiger partial charge in [-0.3, -0.25) is 9.89 Å². The van der Waals surface area contributed by atoms with E-state index in [-0.39, 0.29) is 5.91 Å². The van der Waals surface area contributed by atoms with Crippen molar-refractivity contribution < 1.29 is 19.0 Å². The number of aromatic nitrogens is 2. The zero-order valence-corrected chi connectivity index (χ0v) is 17.9. The summed E-state index contributed by atoms with van der Waals surface area (Å²) < 4.78 is 15.8. The molecule has 8 nitrogen and oxygen atoms in total. The van der Waals surface area contributed by atoms with Gasteiger partial charge in [0.25, 0.3) is 5.91 Å². The topological polar surface area (TPSA) is 79.9 Å². The number of anilines is 1. The lowest BCUT2D eigenvalue weighted by molar-refractivity contribution is 0.0746. The van der Waals surface area contributed by atoms with Crippen LogP contribution in [0.3, 0.4) is 0 Å². The number of nitrogens with zero attached hydrogens (tertiary/aromatic N) is 3. The lowest BCUT2D eigenvalue weighted by Gasteiger charge is -2.34. The summed E-state index contributed by atoms with van der Waals surface area (Å²) in [6, 6.07) is 15.1. The molecule has 0 unspecified atom stereocenters. The molecule has 1 aliphatic heterocycles. The highest BCUT2D eigenvalue weighted by molar-refractivity contribution is 5.95. The van der Waals surface area contributed by atoms with Crippen molar-refractivity contribution >= 4 is 11.7 Å². The van der Waals surface area contributed by atoms with Crippen molar-refractivity contribution in [2.45, 2.75) is 0 Å². The number of hydrogen-bond acceptors (Lipinski definition) is 6. The second-order valence-corrected chi connectivity index (χ2v) is 7.22. The average Bonchev–Trinajstić information content (AvgIpc) is 3.33. The summed E-state index contributed by atoms with van der Waals surface area (Å²) >= 11 is 0. The summed E-state index contributed by atoms with van der Waals surface area (Å²) in [5, 5.41) is 7.57. The largest absolute Gasteiger partial charge is 0.497 e. The SMILES string of the molecule is COc1ccc(-c2cc(N3CCN(C(=O)c4ccc(OC)c(OC)c4)CC3)n[nH]2)cc1. The molecule has 0 saturated carbocycles. The summed E-state index contributed by atoms with van der Waals surface area (Å²) in [5.41, 5.74) is 2.58. The van der Waals surface area contributed by atoms with E-state index in [9.17, 15) is 4.79 Å². The Kier molecular flexibility index (Phi) is 5.97. The molecule has 1 saturated heterocycles. The van der Waals surface area contributed by atoms with Crippen molar-refractivity contribution in [3.05, 3.63) is 54.1 Å². The molecular formula is C23H26N4O4. The third-order valence-electron chi connectivity index (χ3n) is 5.49. The van der Waals surface area contributed by atoms with Crippen LogP contribution in [-0.2, 0) is 0 Å². The molecular weight excluding hydrogens is 396 g/mol. The van der Waals surface area contributed by atoms with Crippen LogP contribution in [0, 0.1) is 0 Å². The predicted molar refractivity (Wildman–Crippen MR) is 118 cm³/mol. The molecule has 8 heteroatoms. The fraction of sp³-hybridized carbons (Fsp3) is 0.304. The molecule has 31 heavy (non-hydrogen) atoms. The fourth-order valence-electron chi connectivity index (χ4n) is 3.68. The van der Waals surface area contributed by atoms with Gasteiger partial charge in [0.2, 0.25) is 0 Å². The van der Waals surface area contributed by atoms with Gasteiger partial charge in [0, 0.05) is 37.8 Å². The number of carbonyl (C=O) groups is 1. The monoisotopic (exact) mass is 422 g/mol. The van der Waals surface area contributed by atoms with Crippen LogP contribution in [0.25, 0.3) is 11.3 Å². The minimum atomic E-state index is -0.0125. The first-order valence-corrected chi connectivity index (χ1v) is 10.1. The van der Waals surface area contributed by atoms with E-state index in [4.69, 9.17) is 14.2 Å². The van der Waals surface area contributed by atoms with E-state index in [1.165, 1.54) is 0 Å². The Morgan fingerprint density at radius 2 is 1.58 bits per heavy atom. The molecule has 4 rings (SSSR count). The summed E-state index contributed by atoms with van der Waals surface area (Å²) in [6.45, 7) is 2.67. The zero-order chi connectivity index (χ0) is 21.8. The molecule has 2 heterocycles. The van der Waals surface area contributed by atoms with Gasteiger partial charge in [0.05, 0.1) is 27.0 Å². The number of methoxy groups -OCH3 is 3. The van der Waals surface area contributed by atoms with Crippen LogP contribution in [0.1, 0.15) is 10.4 Å². The third kappa shape index (κ3) is 4.28. The van der Waals surface area contributed by atoms with Crippen LogP contribution in [0.15, 0.2) is 48.5 Å². The summed E-state index contributed by atoms with van der Waals surface area (Å²) in [6.07, 6.45) is 0. The normalized spacial score (nSPS) is 13.8. The number of benzene rings is 2. The number of amides is 1. The number of nitrogens with one attached hydrogen (secondary N) is 1. The fourth-order valence-corrected chi connectivity index (χ4v) is 3.68. The van der Waals surface area contributed by atoms with Crippen LogP contribution in [0.5, 0.6) is 17.2 Å². The van der Waals surface area contributed by atoms with E-state index in [1.54, 1.807) is 39.5 Å². The minimum absolute atomic E-state index is 0.0125. The first-order chi connectivity index (χ1) is 15.1. The molecule has 3 aromatic rings. The van der Waals surface area contributed by atoms with E-state index in [2.05, 4.69) is 15.1 Å². The van der Waals surface area contributed by atoms with Crippen molar-refractivity contribution in [2.24, 2.45) is 0 Å². The van der Waals surface area contributed by atoms with Crippen LogP contribution in [0.2, 0.25) is 0 Å². The maximum atomic E-state index is 12.9. The van der Waals surface area contributed by atoms with Crippen molar-refractivity contribution in [1.29, 1.82) is 0 Å². The van der Waals surface area contributed by atoms with Gasteiger partial charge in [-0.05, 0) is 48.0 Å². The molecule has 1 aromatic heterocycles. The highest BCUT2D eigenvalue weighted by Gasteiger charge is 2.24. The van der Waals surface area contributed by atoms with Gasteiger partial charge in [-0.15, -0.1) is 0 Å². The Morgan fingerprint density at radius 1 is 0.871 bits per heavy atom. The van der Waals surface area contributed by atoms with E-state index < -0.39 is 0 Å². The van der Waals surface area contributed by atoms with Gasteiger partial charge in [-0.2, -0.15) is 5.10 Å². The van der Waals surface area contributed by atoms with Gasteiger partial charge in [0.15, 0.2) is 17.3 Å². The van der Waals surface area contributed by atoms with Crippen molar-refractivity contribution in [2.75, 3.05) is 52.4 Å². The molecule has 0 spiro atoms. The summed E-state index contributed by atoms with van der Waals surface area (Å²) in [4.78, 5) is 17.0. The first-order valence-electron chi connectivity index (χ1n) is 10.1. The number of rotatable bonds is 6. The van der Waals surface area contributed by atoms with Crippen LogP contribution < -0.4 is 19.1 Å². The molecule has 1 amide bonds. The second kappa shape index (κ2) is 8.99. The number of H-pyrrole nitrogens is 1. The van der Waals surface area contributed by atoms with E-state index >= 15 is 0 Å². The standard InChI is InChI=1S/C23H26N4O4/c1-29-18-7-4-16(5-8-18)19-15-22(25-24-19)26-10-12-27(13-11-26)23(28)17-6-9-20(30-2)21(14-17)31-3/h4-9,14-15H,10-13H2,1-3H3,(H,24,25). The maximum Gasteiger partial charge on any atom is 0.254 e. The average molecular weight is 422 g/mol. The number of aromatic amines is 1. The second-order valence-electron chi connectivity index (χ2n) is 7.22. The summed E-state index contributed by atoms with van der Waals surface area (Å²) in [7, 11) is 4.79. The maximum absolute atomic E-state index is 12.9. The molecule has 1 aliphatic rings. The highest BCUT2D eigenvalue weighted by atomic mass is 16.5. The zero-order valence-electron chi connectivity index (χ0n) is 17.9. The highest BCUT2D eigenvalue weighted by Crippen LogP contribution is 2.29. The Morgan fingerprint density at radius 3 is 2.23 bits per heavy atom. The Balaban J connectivity index is 1.39. The predicted octanol–water partition coefficient (Wildman–Crippen LogP) is 3.06. The van der Waals surface area contributed by atoms with Crippen LogP contribution in [0.4, 0.5) is 5.82 Å². The lowest BCUT2D eigenvalue weighted by atomic mass is 10.1. The van der Waals surface area contributed by atoms with Gasteiger partial charge < -0.3 is 24.0 Å². The Labute approximate surface area is 181 Å². The quantitative estimate of drug-likeness (QED) is 0.658. The van der Waals surface area contributed by atoms with Gasteiger partial charge in [-0.1, -0.05) is 0 Å². The molecule has 0 radical (unpaired) electrons. The molecule has 0 atom stereocenters. The molecule has 2 aromatic carbocycles. The first kappa shape index (κ1) is 20.6. The van der Waals surface area contributed by atoms with Crippen molar-refractivity contribution in [1.82, 2.24) is 15.1 Å². The lowest BCUT2D eigenvalue weighted by Crippen LogP contribution is -2.48. The molecule has 1 N–H and O–H groups in total. The Hall–Kier alpha value is -3.68. The van der Waals surface area contributed by atoms with Gasteiger partial charge in [-0.25, -0.2) is 0 Å². The van der Waals surface area contributed by atoms with Crippen molar-refractivity contribution in [3.63, 3.8) is 0 Å². The smallest absolute Gasteiger partial charge is 0.254 e. The van der Waals surface area contributed by atoms with E-state index in [0.717, 1.165) is 22.8 Å². The van der Waals surface area contributed by atoms with Crippen LogP contribution >= 0.6 is 0 Å².